The smallest absolute Gasteiger partial charge is 0.407 e. The zero-order valence-corrected chi connectivity index (χ0v) is 16.6. The van der Waals surface area contributed by atoms with E-state index in [4.69, 9.17) is 9.47 Å². The minimum Gasteiger partial charge on any atom is -0.508 e. The summed E-state index contributed by atoms with van der Waals surface area (Å²) >= 11 is 0. The van der Waals surface area contributed by atoms with Gasteiger partial charge in [-0.25, -0.2) is 9.59 Å². The number of aromatic hydroxyl groups is 1. The average Bonchev–Trinajstić information content (AvgIpc) is 3.22. The van der Waals surface area contributed by atoms with Gasteiger partial charge in [0.1, 0.15) is 24.9 Å². The molecule has 8 heteroatoms. The Morgan fingerprint density at radius 2 is 1.77 bits per heavy atom. The number of ether oxygens (including phenoxy) is 2. The summed E-state index contributed by atoms with van der Waals surface area (Å²) in [5, 5.41) is 12.0. The van der Waals surface area contributed by atoms with Crippen LogP contribution in [0.5, 0.6) is 5.75 Å². The Hall–Kier alpha value is -3.55. The van der Waals surface area contributed by atoms with E-state index in [9.17, 15) is 19.5 Å². The van der Waals surface area contributed by atoms with E-state index in [0.29, 0.717) is 12.8 Å². The minimum absolute atomic E-state index is 0.0888. The number of phenols is 1. The Morgan fingerprint density at radius 3 is 2.43 bits per heavy atom. The number of phenolic OH excluding ortho intramolecular Hbond substituents is 1. The van der Waals surface area contributed by atoms with Crippen molar-refractivity contribution in [3.63, 3.8) is 0 Å². The summed E-state index contributed by atoms with van der Waals surface area (Å²) in [6.07, 6.45) is 0.291. The van der Waals surface area contributed by atoms with E-state index in [-0.39, 0.29) is 24.9 Å². The maximum Gasteiger partial charge on any atom is 0.407 e. The van der Waals surface area contributed by atoms with E-state index < -0.39 is 24.0 Å². The van der Waals surface area contributed by atoms with E-state index >= 15 is 0 Å². The molecule has 1 aliphatic rings. The number of rotatable bonds is 6. The monoisotopic (exact) mass is 412 g/mol. The number of methoxy groups -OCH3 is 1. The number of nitrogens with one attached hydrogen (secondary N) is 1. The van der Waals surface area contributed by atoms with Crippen LogP contribution in [-0.4, -0.2) is 47.7 Å². The molecule has 0 bridgehead atoms. The Kier molecular flexibility index (Phi) is 6.90. The molecule has 0 spiro atoms. The van der Waals surface area contributed by atoms with E-state index in [0.717, 1.165) is 11.1 Å². The van der Waals surface area contributed by atoms with Crippen molar-refractivity contribution in [2.24, 2.45) is 0 Å². The number of carbonyl (C=O) groups excluding carboxylic acids is 3. The van der Waals surface area contributed by atoms with Crippen LogP contribution in [0, 0.1) is 0 Å². The first-order valence-corrected chi connectivity index (χ1v) is 9.62. The van der Waals surface area contributed by atoms with E-state index in [2.05, 4.69) is 5.32 Å². The van der Waals surface area contributed by atoms with E-state index in [1.807, 2.05) is 30.3 Å². The third-order valence-corrected chi connectivity index (χ3v) is 5.02. The topological polar surface area (TPSA) is 105 Å². The van der Waals surface area contributed by atoms with Crippen molar-refractivity contribution in [3.05, 3.63) is 65.7 Å². The summed E-state index contributed by atoms with van der Waals surface area (Å²) in [7, 11) is 1.28. The molecule has 1 fully saturated rings. The molecule has 0 aromatic heterocycles. The Bertz CT molecular complexity index is 884. The summed E-state index contributed by atoms with van der Waals surface area (Å²) < 4.78 is 9.97. The average molecular weight is 412 g/mol. The summed E-state index contributed by atoms with van der Waals surface area (Å²) in [5.41, 5.74) is 1.62. The van der Waals surface area contributed by atoms with Crippen molar-refractivity contribution in [3.8, 4) is 5.75 Å². The van der Waals surface area contributed by atoms with Gasteiger partial charge in [-0.1, -0.05) is 42.5 Å². The highest BCUT2D eigenvalue weighted by atomic mass is 16.5. The van der Waals surface area contributed by atoms with Crippen LogP contribution in [-0.2, 0) is 25.7 Å². The number of benzene rings is 2. The minimum atomic E-state index is -0.733. The van der Waals surface area contributed by atoms with Gasteiger partial charge < -0.3 is 24.8 Å². The first-order valence-electron chi connectivity index (χ1n) is 9.62. The fourth-order valence-corrected chi connectivity index (χ4v) is 3.56. The molecular weight excluding hydrogens is 388 g/mol. The van der Waals surface area contributed by atoms with Crippen molar-refractivity contribution < 1.29 is 29.0 Å². The Morgan fingerprint density at radius 1 is 1.07 bits per heavy atom. The molecule has 30 heavy (non-hydrogen) atoms. The van der Waals surface area contributed by atoms with Gasteiger partial charge in [0, 0.05) is 0 Å². The Balaban J connectivity index is 1.64. The molecule has 3 rings (SSSR count). The molecule has 0 saturated carbocycles. The maximum absolute atomic E-state index is 12.9. The lowest BCUT2D eigenvalue weighted by Gasteiger charge is -2.29. The summed E-state index contributed by atoms with van der Waals surface area (Å²) in [4.78, 5) is 38.5. The zero-order valence-electron chi connectivity index (χ0n) is 16.6. The van der Waals surface area contributed by atoms with Gasteiger partial charge in [0.15, 0.2) is 0 Å². The quantitative estimate of drug-likeness (QED) is 0.707. The van der Waals surface area contributed by atoms with Crippen molar-refractivity contribution in [2.45, 2.75) is 31.5 Å². The lowest BCUT2D eigenvalue weighted by molar-refractivity contribution is -0.152. The first kappa shape index (κ1) is 21.2. The van der Waals surface area contributed by atoms with Crippen LogP contribution >= 0.6 is 0 Å². The molecule has 1 heterocycles. The van der Waals surface area contributed by atoms with Crippen molar-refractivity contribution in [1.29, 1.82) is 0 Å². The second-order valence-corrected chi connectivity index (χ2v) is 6.94. The number of hydrogen-bond donors (Lipinski definition) is 2. The molecule has 0 aliphatic carbocycles. The van der Waals surface area contributed by atoms with Crippen molar-refractivity contribution in [2.75, 3.05) is 13.7 Å². The number of hydrogen-bond acceptors (Lipinski definition) is 6. The molecule has 0 radical (unpaired) electrons. The fourth-order valence-electron chi connectivity index (χ4n) is 3.56. The van der Waals surface area contributed by atoms with Gasteiger partial charge in [0.2, 0.25) is 5.91 Å². The number of likely N-dealkylation sites (tertiary alicyclic amines) is 1. The third kappa shape index (κ3) is 5.08. The summed E-state index contributed by atoms with van der Waals surface area (Å²) in [6, 6.07) is 14.6. The summed E-state index contributed by atoms with van der Waals surface area (Å²) in [5.74, 6) is -0.809. The lowest BCUT2D eigenvalue weighted by Crippen LogP contribution is -2.46. The largest absolute Gasteiger partial charge is 0.508 e. The van der Waals surface area contributed by atoms with E-state index in [1.54, 1.807) is 12.1 Å². The predicted octanol–water partition coefficient (Wildman–Crippen LogP) is 2.52. The van der Waals surface area contributed by atoms with Gasteiger partial charge >= 0.3 is 12.1 Å². The van der Waals surface area contributed by atoms with Crippen molar-refractivity contribution >= 4 is 18.0 Å². The molecule has 2 atom stereocenters. The Labute approximate surface area is 174 Å². The molecule has 8 nitrogen and oxygen atoms in total. The van der Waals surface area contributed by atoms with Gasteiger partial charge in [0.25, 0.3) is 0 Å². The second kappa shape index (κ2) is 9.78. The van der Waals surface area contributed by atoms with Crippen LogP contribution < -0.4 is 5.32 Å². The SMILES string of the molecule is COC(=O)[C@@H]1CC[C@H](c2ccc(O)cc2)N1C(=O)CNC(=O)OCc1ccccc1. The zero-order chi connectivity index (χ0) is 21.5. The molecular formula is C22H24N2O6. The standard InChI is InChI=1S/C22H24N2O6/c1-29-21(27)19-12-11-18(16-7-9-17(25)10-8-16)24(19)20(26)13-23-22(28)30-14-15-5-3-2-4-6-15/h2-10,18-19,25H,11-14H2,1H3,(H,23,28)/t18-,19+/m1/s1. The van der Waals surface area contributed by atoms with Crippen LogP contribution in [0.15, 0.2) is 54.6 Å². The predicted molar refractivity (Wildman–Crippen MR) is 107 cm³/mol. The van der Waals surface area contributed by atoms with Crippen LogP contribution in [0.25, 0.3) is 0 Å². The summed E-state index contributed by atoms with van der Waals surface area (Å²) in [6.45, 7) is -0.221. The first-order chi connectivity index (χ1) is 14.5. The molecule has 0 unspecified atom stereocenters. The molecule has 158 valence electrons. The molecule has 2 aromatic carbocycles. The van der Waals surface area contributed by atoms with Crippen molar-refractivity contribution in [1.82, 2.24) is 10.2 Å². The highest BCUT2D eigenvalue weighted by Crippen LogP contribution is 2.37. The second-order valence-electron chi connectivity index (χ2n) is 6.94. The van der Waals surface area contributed by atoms with Gasteiger partial charge in [-0.2, -0.15) is 0 Å². The lowest BCUT2D eigenvalue weighted by atomic mass is 10.0. The highest BCUT2D eigenvalue weighted by Gasteiger charge is 2.42. The number of alkyl carbamates (subject to hydrolysis) is 1. The molecule has 1 aliphatic heterocycles. The number of amides is 2. The van der Waals surface area contributed by atoms with Crippen LogP contribution in [0.3, 0.4) is 0 Å². The van der Waals surface area contributed by atoms with Crippen LogP contribution in [0.4, 0.5) is 4.79 Å². The molecule has 1 saturated heterocycles. The van der Waals surface area contributed by atoms with Gasteiger partial charge in [-0.15, -0.1) is 0 Å². The maximum atomic E-state index is 12.9. The number of nitrogens with zero attached hydrogens (tertiary/aromatic N) is 1. The fraction of sp³-hybridized carbons (Fsp3) is 0.318. The molecule has 2 N–H and O–H groups in total. The molecule has 2 amide bonds. The van der Waals surface area contributed by atoms with Crippen LogP contribution in [0.1, 0.15) is 30.0 Å². The van der Waals surface area contributed by atoms with Gasteiger partial charge in [-0.3, -0.25) is 4.79 Å². The number of esters is 1. The normalized spacial score (nSPS) is 18.0. The van der Waals surface area contributed by atoms with Gasteiger partial charge in [0.05, 0.1) is 13.2 Å². The van der Waals surface area contributed by atoms with Crippen LogP contribution in [0.2, 0.25) is 0 Å². The third-order valence-electron chi connectivity index (χ3n) is 5.02. The van der Waals surface area contributed by atoms with E-state index in [1.165, 1.54) is 24.1 Å². The van der Waals surface area contributed by atoms with Gasteiger partial charge in [-0.05, 0) is 36.1 Å². The molecule has 2 aromatic rings. The number of carbonyl (C=O) groups is 3. The highest BCUT2D eigenvalue weighted by molar-refractivity contribution is 5.88.